The molecule has 0 aliphatic carbocycles. The minimum atomic E-state index is -1.11. The van der Waals surface area contributed by atoms with Crippen LogP contribution in [0.15, 0.2) is 79.9 Å². The van der Waals surface area contributed by atoms with Crippen LogP contribution in [0.4, 0.5) is 0 Å². The lowest BCUT2D eigenvalue weighted by molar-refractivity contribution is -0.150. The summed E-state index contributed by atoms with van der Waals surface area (Å²) in [7, 11) is 0. The maximum Gasteiger partial charge on any atom is 0.250 e. The highest BCUT2D eigenvalue weighted by Crippen LogP contribution is 2.59. The van der Waals surface area contributed by atoms with Gasteiger partial charge in [-0.3, -0.25) is 14.4 Å². The van der Waals surface area contributed by atoms with Crippen molar-refractivity contribution in [3.05, 3.63) is 85.5 Å². The predicted octanol–water partition coefficient (Wildman–Crippen LogP) is 3.55. The van der Waals surface area contributed by atoms with Crippen LogP contribution in [-0.4, -0.2) is 96.5 Å². The number of fused-ring (bicyclic) bond motifs is 2. The van der Waals surface area contributed by atoms with Gasteiger partial charge in [-0.2, -0.15) is 0 Å². The number of rotatable bonds is 16. The van der Waals surface area contributed by atoms with Crippen LogP contribution in [0.2, 0.25) is 0 Å². The van der Waals surface area contributed by atoms with E-state index in [0.29, 0.717) is 45.3 Å². The van der Waals surface area contributed by atoms with Crippen LogP contribution in [-0.2, 0) is 32.3 Å². The molecule has 5 atom stereocenters. The fourth-order valence-corrected chi connectivity index (χ4v) is 7.83. The van der Waals surface area contributed by atoms with E-state index in [4.69, 9.17) is 4.74 Å². The van der Waals surface area contributed by atoms with Crippen molar-refractivity contribution in [2.45, 2.75) is 69.5 Å². The number of aliphatic hydroxyl groups excluding tert-OH is 1. The molecular weight excluding hydrogens is 596 g/mol. The smallest absolute Gasteiger partial charge is 0.250 e. The molecule has 1 N–H and O–H groups in total. The van der Waals surface area contributed by atoms with Gasteiger partial charge in [-0.25, -0.2) is 4.68 Å². The maximum atomic E-state index is 14.8. The molecule has 2 aromatic carbocycles. The summed E-state index contributed by atoms with van der Waals surface area (Å²) in [4.78, 5) is 48.7. The molecule has 0 radical (unpaired) electrons. The predicted molar refractivity (Wildman–Crippen MR) is 176 cm³/mol. The number of aliphatic hydroxyl groups is 1. The van der Waals surface area contributed by atoms with E-state index in [9.17, 15) is 19.5 Å². The summed E-state index contributed by atoms with van der Waals surface area (Å²) < 4.78 is 8.41. The van der Waals surface area contributed by atoms with E-state index in [1.807, 2.05) is 54.6 Å². The lowest BCUT2D eigenvalue weighted by atomic mass is 9.70. The Kier molecular flexibility index (Phi) is 9.84. The minimum Gasteiger partial charge on any atom is -0.396 e. The van der Waals surface area contributed by atoms with Gasteiger partial charge in [-0.1, -0.05) is 72.7 Å². The number of hydrogen-bond donors (Lipinski definition) is 1. The molecule has 1 aromatic heterocycles. The van der Waals surface area contributed by atoms with Crippen molar-refractivity contribution in [1.82, 2.24) is 29.7 Å². The van der Waals surface area contributed by atoms with Gasteiger partial charge < -0.3 is 24.5 Å². The molecule has 3 saturated heterocycles. The van der Waals surface area contributed by atoms with E-state index in [1.54, 1.807) is 31.5 Å². The second-order valence-corrected chi connectivity index (χ2v) is 12.8. The van der Waals surface area contributed by atoms with E-state index >= 15 is 0 Å². The van der Waals surface area contributed by atoms with Crippen molar-refractivity contribution in [2.75, 3.05) is 26.2 Å². The van der Waals surface area contributed by atoms with Crippen LogP contribution in [0.3, 0.4) is 0 Å². The number of likely N-dealkylation sites (tertiary alicyclic amines) is 1. The molecule has 2 bridgehead atoms. The molecule has 47 heavy (non-hydrogen) atoms. The van der Waals surface area contributed by atoms with Gasteiger partial charge >= 0.3 is 0 Å². The van der Waals surface area contributed by atoms with Gasteiger partial charge in [-0.15, -0.1) is 18.3 Å². The number of unbranched alkanes of at least 4 members (excludes halogenated alkanes) is 3. The Bertz CT molecular complexity index is 1610. The highest BCUT2D eigenvalue weighted by Gasteiger charge is 2.74. The first-order valence-corrected chi connectivity index (χ1v) is 16.6. The number of carbonyl (C=O) groups excluding carboxylic acids is 3. The molecule has 3 aromatic rings. The Morgan fingerprint density at radius 2 is 1.70 bits per heavy atom. The van der Waals surface area contributed by atoms with E-state index in [-0.39, 0.29) is 37.5 Å². The van der Waals surface area contributed by atoms with Gasteiger partial charge in [0.2, 0.25) is 17.7 Å². The normalized spacial score (nSPS) is 24.4. The van der Waals surface area contributed by atoms with Crippen molar-refractivity contribution in [3.63, 3.8) is 0 Å². The van der Waals surface area contributed by atoms with Gasteiger partial charge in [0.15, 0.2) is 0 Å². The Hall–Kier alpha value is -4.35. The van der Waals surface area contributed by atoms with Crippen molar-refractivity contribution >= 4 is 28.8 Å². The molecule has 3 aliphatic rings. The molecule has 3 aliphatic heterocycles. The zero-order valence-electron chi connectivity index (χ0n) is 26.8. The average Bonchev–Trinajstić information content (AvgIpc) is 3.84. The Balaban J connectivity index is 1.32. The maximum absolute atomic E-state index is 14.8. The molecule has 4 heterocycles. The highest BCUT2D eigenvalue weighted by atomic mass is 16.5. The number of hydrogen-bond acceptors (Lipinski definition) is 7. The molecule has 0 saturated carbocycles. The summed E-state index contributed by atoms with van der Waals surface area (Å²) in [6.07, 6.45) is 7.01. The number of nitrogens with zero attached hydrogens (tertiary/aromatic N) is 6. The standard InChI is InChI=1S/C36H44N6O5/c1-3-20-39(24-26-14-8-7-9-15-26)33(44)30-29-18-19-36(47-29)31(30)34(45)41(22-12-5-6-13-23-43)32(36)35(46)40(21-4-2)25-42-28-17-11-10-16-27(28)37-38-42/h3-4,7-11,14-17,29-32,43H,1-2,5-6,12-13,18-25H2/t29-,30+,31-,32?,36?/m0/s1. The topological polar surface area (TPSA) is 121 Å². The van der Waals surface area contributed by atoms with Crippen molar-refractivity contribution in [3.8, 4) is 0 Å². The Morgan fingerprint density at radius 1 is 0.979 bits per heavy atom. The van der Waals surface area contributed by atoms with Crippen LogP contribution in [0.25, 0.3) is 11.0 Å². The highest BCUT2D eigenvalue weighted by molar-refractivity contribution is 5.99. The lowest BCUT2D eigenvalue weighted by Crippen LogP contribution is -2.56. The van der Waals surface area contributed by atoms with Crippen molar-refractivity contribution in [1.29, 1.82) is 0 Å². The molecule has 11 heteroatoms. The van der Waals surface area contributed by atoms with Gasteiger partial charge in [0, 0.05) is 32.8 Å². The fraction of sp³-hybridized carbons (Fsp3) is 0.472. The number of carbonyl (C=O) groups is 3. The summed E-state index contributed by atoms with van der Waals surface area (Å²) in [5, 5.41) is 17.8. The summed E-state index contributed by atoms with van der Waals surface area (Å²) >= 11 is 0. The van der Waals surface area contributed by atoms with E-state index < -0.39 is 29.6 Å². The van der Waals surface area contributed by atoms with Crippen LogP contribution < -0.4 is 0 Å². The summed E-state index contributed by atoms with van der Waals surface area (Å²) in [6, 6.07) is 16.4. The summed E-state index contributed by atoms with van der Waals surface area (Å²) in [6.45, 7) is 9.34. The number of aromatic nitrogens is 3. The second-order valence-electron chi connectivity index (χ2n) is 12.8. The zero-order valence-corrected chi connectivity index (χ0v) is 26.8. The SMILES string of the molecule is C=CCN(Cn1nnc2ccccc21)C(=O)C1N(CCCCCCO)C(=O)[C@@H]2[C@H](C(=O)N(CC=C)Cc3ccccc3)[C@@H]3CCC12O3. The van der Waals surface area contributed by atoms with E-state index in [2.05, 4.69) is 23.5 Å². The molecule has 11 nitrogen and oxygen atoms in total. The van der Waals surface area contributed by atoms with Crippen LogP contribution in [0, 0.1) is 11.8 Å². The molecule has 3 fully saturated rings. The van der Waals surface area contributed by atoms with E-state index in [1.165, 1.54) is 0 Å². The average molecular weight is 641 g/mol. The third-order valence-electron chi connectivity index (χ3n) is 9.89. The first-order chi connectivity index (χ1) is 22.9. The summed E-state index contributed by atoms with van der Waals surface area (Å²) in [5.74, 6) is -2.06. The third kappa shape index (κ3) is 6.09. The Morgan fingerprint density at radius 3 is 2.47 bits per heavy atom. The van der Waals surface area contributed by atoms with Crippen molar-refractivity contribution in [2.24, 2.45) is 11.8 Å². The largest absolute Gasteiger partial charge is 0.396 e. The molecule has 3 amide bonds. The second kappa shape index (κ2) is 14.2. The van der Waals surface area contributed by atoms with Gasteiger partial charge in [0.1, 0.15) is 23.8 Å². The van der Waals surface area contributed by atoms with Gasteiger partial charge in [0.05, 0.1) is 23.5 Å². The van der Waals surface area contributed by atoms with E-state index in [0.717, 1.165) is 29.4 Å². The molecule has 2 unspecified atom stereocenters. The zero-order chi connectivity index (χ0) is 33.0. The number of amides is 3. The lowest BCUT2D eigenvalue weighted by Gasteiger charge is -2.37. The van der Waals surface area contributed by atoms with Crippen LogP contribution >= 0.6 is 0 Å². The fourth-order valence-electron chi connectivity index (χ4n) is 7.83. The molecule has 6 rings (SSSR count). The van der Waals surface area contributed by atoms with Gasteiger partial charge in [0.25, 0.3) is 0 Å². The number of ether oxygens (including phenoxy) is 1. The monoisotopic (exact) mass is 640 g/mol. The number of benzene rings is 2. The first kappa shape index (κ1) is 32.6. The van der Waals surface area contributed by atoms with Crippen LogP contribution in [0.5, 0.6) is 0 Å². The quantitative estimate of drug-likeness (QED) is 0.188. The van der Waals surface area contributed by atoms with Gasteiger partial charge in [-0.05, 0) is 43.4 Å². The summed E-state index contributed by atoms with van der Waals surface area (Å²) in [5.41, 5.74) is 1.38. The first-order valence-electron chi connectivity index (χ1n) is 16.6. The number of para-hydroxylation sites is 1. The minimum absolute atomic E-state index is 0.117. The molecule has 248 valence electrons. The van der Waals surface area contributed by atoms with Crippen molar-refractivity contribution < 1.29 is 24.2 Å². The van der Waals surface area contributed by atoms with Crippen LogP contribution in [0.1, 0.15) is 44.1 Å². The third-order valence-corrected chi connectivity index (χ3v) is 9.89. The molecular formula is C36H44N6O5. The molecule has 1 spiro atoms. The Labute approximate surface area is 275 Å².